The Morgan fingerprint density at radius 3 is 2.83 bits per heavy atom. The number of nitrogens with one attached hydrogen (secondary N) is 1. The Morgan fingerprint density at radius 2 is 2.22 bits per heavy atom. The van der Waals surface area contributed by atoms with Gasteiger partial charge in [-0.3, -0.25) is 0 Å². The summed E-state index contributed by atoms with van der Waals surface area (Å²) in [5.74, 6) is 0. The van der Waals surface area contributed by atoms with Crippen molar-refractivity contribution in [3.05, 3.63) is 32.5 Å². The highest BCUT2D eigenvalue weighted by atomic mass is 32.1. The number of rotatable bonds is 6. The Bertz CT molecular complexity index is 490. The molecule has 0 amide bonds. The van der Waals surface area contributed by atoms with Gasteiger partial charge >= 0.3 is 0 Å². The molecule has 0 aromatic carbocycles. The van der Waals surface area contributed by atoms with Gasteiger partial charge in [-0.15, -0.1) is 16.4 Å². The van der Waals surface area contributed by atoms with Gasteiger partial charge in [0.15, 0.2) is 0 Å². The van der Waals surface area contributed by atoms with Crippen LogP contribution in [0.4, 0.5) is 0 Å². The van der Waals surface area contributed by atoms with E-state index in [1.165, 1.54) is 26.9 Å². The summed E-state index contributed by atoms with van der Waals surface area (Å²) in [6.07, 6.45) is 2.08. The number of aryl methyl sites for hydroxylation is 2. The van der Waals surface area contributed by atoms with E-state index in [9.17, 15) is 0 Å². The molecule has 0 aliphatic carbocycles. The molecule has 2 aromatic heterocycles. The summed E-state index contributed by atoms with van der Waals surface area (Å²) in [5.41, 5.74) is 2.49. The molecule has 0 saturated heterocycles. The molecular weight excluding hydrogens is 262 g/mol. The van der Waals surface area contributed by atoms with Crippen molar-refractivity contribution in [2.24, 2.45) is 0 Å². The molecule has 2 heterocycles. The number of hydrogen-bond donors (Lipinski definition) is 1. The van der Waals surface area contributed by atoms with Gasteiger partial charge in [0.2, 0.25) is 0 Å². The maximum Gasteiger partial charge on any atom is 0.0804 e. The van der Waals surface area contributed by atoms with Crippen LogP contribution in [0.25, 0.3) is 0 Å². The largest absolute Gasteiger partial charge is 0.305 e. The lowest BCUT2D eigenvalue weighted by atomic mass is 10.0. The second-order valence-electron chi connectivity index (χ2n) is 4.26. The summed E-state index contributed by atoms with van der Waals surface area (Å²) in [7, 11) is 0. The van der Waals surface area contributed by atoms with Gasteiger partial charge in [-0.25, -0.2) is 0 Å². The van der Waals surface area contributed by atoms with Crippen LogP contribution < -0.4 is 5.32 Å². The lowest BCUT2D eigenvalue weighted by Crippen LogP contribution is -2.23. The molecule has 0 aliphatic rings. The van der Waals surface area contributed by atoms with Gasteiger partial charge in [0.05, 0.1) is 16.6 Å². The van der Waals surface area contributed by atoms with Crippen LogP contribution in [-0.4, -0.2) is 16.1 Å². The molecule has 0 radical (unpaired) electrons. The number of hydrogen-bond acceptors (Lipinski definition) is 5. The Morgan fingerprint density at radius 1 is 1.39 bits per heavy atom. The van der Waals surface area contributed by atoms with Gasteiger partial charge in [0.1, 0.15) is 0 Å². The average Bonchev–Trinajstić information content (AvgIpc) is 2.99. The fraction of sp³-hybridized carbons (Fsp3) is 0.538. The predicted octanol–water partition coefficient (Wildman–Crippen LogP) is 3.56. The van der Waals surface area contributed by atoms with Crippen molar-refractivity contribution in [3.8, 4) is 0 Å². The van der Waals surface area contributed by atoms with Crippen LogP contribution in [0.1, 0.15) is 47.3 Å². The lowest BCUT2D eigenvalue weighted by Gasteiger charge is -2.17. The van der Waals surface area contributed by atoms with Crippen LogP contribution in [0.5, 0.6) is 0 Å². The summed E-state index contributed by atoms with van der Waals surface area (Å²) in [6, 6.07) is 2.47. The minimum absolute atomic E-state index is 0.256. The minimum Gasteiger partial charge on any atom is -0.305 e. The molecule has 3 nitrogen and oxygen atoms in total. The highest BCUT2D eigenvalue weighted by Gasteiger charge is 2.21. The molecule has 1 unspecified atom stereocenters. The van der Waals surface area contributed by atoms with E-state index in [2.05, 4.69) is 47.1 Å². The molecule has 0 fully saturated rings. The van der Waals surface area contributed by atoms with E-state index in [1.54, 1.807) is 11.3 Å². The Kier molecular flexibility index (Phi) is 4.86. The van der Waals surface area contributed by atoms with Crippen molar-refractivity contribution in [1.82, 2.24) is 14.9 Å². The monoisotopic (exact) mass is 281 g/mol. The van der Waals surface area contributed by atoms with Crippen molar-refractivity contribution in [3.63, 3.8) is 0 Å². The highest BCUT2D eigenvalue weighted by Crippen LogP contribution is 2.31. The maximum absolute atomic E-state index is 4.24. The maximum atomic E-state index is 4.24. The van der Waals surface area contributed by atoms with Crippen LogP contribution >= 0.6 is 22.9 Å². The third kappa shape index (κ3) is 2.79. The van der Waals surface area contributed by atoms with Crippen LogP contribution in [0, 0.1) is 6.92 Å². The summed E-state index contributed by atoms with van der Waals surface area (Å²) in [6.45, 7) is 7.52. The molecule has 18 heavy (non-hydrogen) atoms. The van der Waals surface area contributed by atoms with Crippen LogP contribution in [0.15, 0.2) is 11.4 Å². The SMILES string of the molecule is CCCNC(c1ccsc1C)c1snnc1CC. The number of nitrogens with zero attached hydrogens (tertiary/aromatic N) is 2. The average molecular weight is 281 g/mol. The molecular formula is C13H19N3S2. The molecule has 0 spiro atoms. The summed E-state index contributed by atoms with van der Waals surface area (Å²) >= 11 is 3.32. The normalized spacial score (nSPS) is 12.8. The first-order valence-corrected chi connectivity index (χ1v) is 8.01. The van der Waals surface area contributed by atoms with E-state index in [0.29, 0.717) is 0 Å². The van der Waals surface area contributed by atoms with Crippen molar-refractivity contribution < 1.29 is 0 Å². The summed E-state index contributed by atoms with van der Waals surface area (Å²) in [5, 5.41) is 10.0. The molecule has 1 N–H and O–H groups in total. The fourth-order valence-corrected chi connectivity index (χ4v) is 3.58. The standard InChI is InChI=1S/C13H19N3S2/c1-4-7-14-12(10-6-8-17-9(10)3)13-11(5-2)15-16-18-13/h6,8,12,14H,4-5,7H2,1-3H3. The molecule has 0 bridgehead atoms. The van der Waals surface area contributed by atoms with E-state index in [4.69, 9.17) is 0 Å². The minimum atomic E-state index is 0.256. The third-order valence-corrected chi connectivity index (χ3v) is 4.68. The van der Waals surface area contributed by atoms with E-state index in [-0.39, 0.29) is 6.04 Å². The van der Waals surface area contributed by atoms with Crippen LogP contribution in [-0.2, 0) is 6.42 Å². The first-order valence-electron chi connectivity index (χ1n) is 6.36. The summed E-state index contributed by atoms with van der Waals surface area (Å²) < 4.78 is 4.12. The van der Waals surface area contributed by atoms with Crippen molar-refractivity contribution in [2.75, 3.05) is 6.54 Å². The van der Waals surface area contributed by atoms with Crippen LogP contribution in [0.2, 0.25) is 0 Å². The van der Waals surface area contributed by atoms with Crippen molar-refractivity contribution in [1.29, 1.82) is 0 Å². The van der Waals surface area contributed by atoms with Gasteiger partial charge in [-0.1, -0.05) is 18.3 Å². The van der Waals surface area contributed by atoms with Gasteiger partial charge in [0, 0.05) is 4.88 Å². The molecule has 1 atom stereocenters. The Labute approximate surface area is 116 Å². The van der Waals surface area contributed by atoms with Gasteiger partial charge in [-0.2, -0.15) is 0 Å². The van der Waals surface area contributed by atoms with E-state index >= 15 is 0 Å². The van der Waals surface area contributed by atoms with Gasteiger partial charge < -0.3 is 5.32 Å². The topological polar surface area (TPSA) is 37.8 Å². The Hall–Kier alpha value is -0.780. The lowest BCUT2D eigenvalue weighted by molar-refractivity contribution is 0.600. The molecule has 98 valence electrons. The zero-order valence-electron chi connectivity index (χ0n) is 11.1. The van der Waals surface area contributed by atoms with Crippen molar-refractivity contribution in [2.45, 2.75) is 39.7 Å². The zero-order chi connectivity index (χ0) is 13.0. The van der Waals surface area contributed by atoms with Crippen LogP contribution in [0.3, 0.4) is 0 Å². The zero-order valence-corrected chi connectivity index (χ0v) is 12.7. The first kappa shape index (κ1) is 13.6. The second kappa shape index (κ2) is 6.41. The molecule has 0 aliphatic heterocycles. The van der Waals surface area contributed by atoms with Crippen molar-refractivity contribution >= 4 is 22.9 Å². The quantitative estimate of drug-likeness (QED) is 0.879. The molecule has 0 saturated carbocycles. The Balaban J connectivity index is 2.34. The van der Waals surface area contributed by atoms with Gasteiger partial charge in [0.25, 0.3) is 0 Å². The van der Waals surface area contributed by atoms with E-state index in [1.807, 2.05) is 0 Å². The predicted molar refractivity (Wildman–Crippen MR) is 78.5 cm³/mol. The summed E-state index contributed by atoms with van der Waals surface area (Å²) in [4.78, 5) is 2.64. The number of aromatic nitrogens is 2. The second-order valence-corrected chi connectivity index (χ2v) is 6.16. The fourth-order valence-electron chi connectivity index (χ4n) is 2.01. The van der Waals surface area contributed by atoms with E-state index < -0.39 is 0 Å². The third-order valence-electron chi connectivity index (χ3n) is 2.99. The highest BCUT2D eigenvalue weighted by molar-refractivity contribution is 7.10. The molecule has 2 aromatic rings. The van der Waals surface area contributed by atoms with Gasteiger partial charge in [-0.05, 0) is 54.9 Å². The number of thiophene rings is 1. The molecule has 5 heteroatoms. The molecule has 2 rings (SSSR count). The smallest absolute Gasteiger partial charge is 0.0804 e. The van der Waals surface area contributed by atoms with E-state index in [0.717, 1.165) is 25.1 Å². The first-order chi connectivity index (χ1) is 8.77.